The van der Waals surface area contributed by atoms with E-state index in [4.69, 9.17) is 0 Å². The van der Waals surface area contributed by atoms with Gasteiger partial charge in [-0.05, 0) is 43.0 Å². The van der Waals surface area contributed by atoms with E-state index in [9.17, 15) is 8.42 Å². The Bertz CT molecular complexity index is 784. The zero-order chi connectivity index (χ0) is 17.7. The summed E-state index contributed by atoms with van der Waals surface area (Å²) in [4.78, 5) is 0.404. The standard InChI is InChI=1S/C20H26N2O2S/c1-17(19-10-4-2-5-11-19)21-16-18-9-8-12-20(15-18)25(23,24)22-13-6-3-7-14-22/h2,4-5,8-12,15,17,21H,3,6-7,13-14,16H2,1H3/t17-/m1/s1. The normalized spacial score (nSPS) is 17.3. The second-order valence-electron chi connectivity index (χ2n) is 6.63. The van der Waals surface area contributed by atoms with E-state index in [2.05, 4.69) is 24.4 Å². The second kappa shape index (κ2) is 8.13. The van der Waals surface area contributed by atoms with E-state index in [-0.39, 0.29) is 6.04 Å². The van der Waals surface area contributed by atoms with Crippen molar-refractivity contribution in [2.75, 3.05) is 13.1 Å². The number of nitrogens with one attached hydrogen (secondary N) is 1. The molecule has 1 atom stereocenters. The highest BCUT2D eigenvalue weighted by Crippen LogP contribution is 2.21. The van der Waals surface area contributed by atoms with E-state index in [1.54, 1.807) is 16.4 Å². The molecule has 0 saturated carbocycles. The summed E-state index contributed by atoms with van der Waals surface area (Å²) in [6.07, 6.45) is 3.03. The molecule has 4 nitrogen and oxygen atoms in total. The van der Waals surface area contributed by atoms with Gasteiger partial charge in [-0.25, -0.2) is 8.42 Å². The molecule has 1 N–H and O–H groups in total. The summed E-state index contributed by atoms with van der Waals surface area (Å²) >= 11 is 0. The summed E-state index contributed by atoms with van der Waals surface area (Å²) in [5, 5.41) is 3.46. The minimum absolute atomic E-state index is 0.212. The molecule has 1 heterocycles. The van der Waals surface area contributed by atoms with Crippen LogP contribution in [0.4, 0.5) is 0 Å². The topological polar surface area (TPSA) is 49.4 Å². The second-order valence-corrected chi connectivity index (χ2v) is 8.56. The van der Waals surface area contributed by atoms with Gasteiger partial charge in [-0.1, -0.05) is 48.9 Å². The third kappa shape index (κ3) is 4.48. The monoisotopic (exact) mass is 358 g/mol. The predicted molar refractivity (Wildman–Crippen MR) is 101 cm³/mol. The van der Waals surface area contributed by atoms with Gasteiger partial charge in [0.05, 0.1) is 4.90 Å². The average molecular weight is 359 g/mol. The third-order valence-corrected chi connectivity index (χ3v) is 6.66. The highest BCUT2D eigenvalue weighted by Gasteiger charge is 2.25. The van der Waals surface area contributed by atoms with Gasteiger partial charge in [-0.2, -0.15) is 4.31 Å². The lowest BCUT2D eigenvalue weighted by Crippen LogP contribution is -2.35. The number of nitrogens with zero attached hydrogens (tertiary/aromatic N) is 1. The van der Waals surface area contributed by atoms with Crippen LogP contribution in [0.1, 0.15) is 43.4 Å². The van der Waals surface area contributed by atoms with Crippen LogP contribution in [-0.4, -0.2) is 25.8 Å². The van der Waals surface area contributed by atoms with Crippen molar-refractivity contribution >= 4 is 10.0 Å². The molecule has 134 valence electrons. The van der Waals surface area contributed by atoms with Gasteiger partial charge in [0.1, 0.15) is 0 Å². The maximum Gasteiger partial charge on any atom is 0.243 e. The van der Waals surface area contributed by atoms with Crippen LogP contribution < -0.4 is 5.32 Å². The van der Waals surface area contributed by atoms with Crippen molar-refractivity contribution in [2.24, 2.45) is 0 Å². The zero-order valence-corrected chi connectivity index (χ0v) is 15.5. The van der Waals surface area contributed by atoms with Gasteiger partial charge < -0.3 is 5.32 Å². The van der Waals surface area contributed by atoms with Crippen molar-refractivity contribution in [1.29, 1.82) is 0 Å². The zero-order valence-electron chi connectivity index (χ0n) is 14.7. The van der Waals surface area contributed by atoms with Crippen LogP contribution in [-0.2, 0) is 16.6 Å². The number of rotatable bonds is 6. The van der Waals surface area contributed by atoms with Gasteiger partial charge in [-0.3, -0.25) is 0 Å². The molecule has 0 unspecified atom stereocenters. The SMILES string of the molecule is C[C@@H](NCc1cccc(S(=O)(=O)N2CCCCC2)c1)c1ccccc1. The van der Waals surface area contributed by atoms with Gasteiger partial charge in [0.15, 0.2) is 0 Å². The van der Waals surface area contributed by atoms with Crippen LogP contribution in [0, 0.1) is 0 Å². The first kappa shape index (κ1) is 18.1. The number of benzene rings is 2. The summed E-state index contributed by atoms with van der Waals surface area (Å²) in [7, 11) is -3.37. The Kier molecular flexibility index (Phi) is 5.89. The minimum atomic E-state index is -3.37. The molecule has 1 aliphatic heterocycles. The van der Waals surface area contributed by atoms with Gasteiger partial charge >= 0.3 is 0 Å². The lowest BCUT2D eigenvalue weighted by molar-refractivity contribution is 0.346. The van der Waals surface area contributed by atoms with Crippen molar-refractivity contribution in [3.8, 4) is 0 Å². The summed E-state index contributed by atoms with van der Waals surface area (Å²) in [6, 6.07) is 17.8. The molecule has 0 aliphatic carbocycles. The molecule has 1 fully saturated rings. The maximum atomic E-state index is 12.8. The van der Waals surface area contributed by atoms with E-state index in [0.717, 1.165) is 24.8 Å². The molecular formula is C20H26N2O2S. The molecule has 0 spiro atoms. The largest absolute Gasteiger partial charge is 0.306 e. The number of piperidine rings is 1. The summed E-state index contributed by atoms with van der Waals surface area (Å²) < 4.78 is 27.2. The van der Waals surface area contributed by atoms with E-state index in [1.807, 2.05) is 30.3 Å². The van der Waals surface area contributed by atoms with E-state index in [0.29, 0.717) is 24.5 Å². The van der Waals surface area contributed by atoms with Crippen molar-refractivity contribution in [3.63, 3.8) is 0 Å². The van der Waals surface area contributed by atoms with Crippen molar-refractivity contribution in [1.82, 2.24) is 9.62 Å². The van der Waals surface area contributed by atoms with Crippen LogP contribution in [0.3, 0.4) is 0 Å². The first-order valence-corrected chi connectivity index (χ1v) is 10.4. The molecule has 5 heteroatoms. The van der Waals surface area contributed by atoms with E-state index in [1.165, 1.54) is 5.56 Å². The van der Waals surface area contributed by atoms with Crippen LogP contribution in [0.25, 0.3) is 0 Å². The Morgan fingerprint density at radius 1 is 1.00 bits per heavy atom. The lowest BCUT2D eigenvalue weighted by Gasteiger charge is -2.26. The van der Waals surface area contributed by atoms with Crippen LogP contribution in [0.2, 0.25) is 0 Å². The lowest BCUT2D eigenvalue weighted by atomic mass is 10.1. The fourth-order valence-corrected chi connectivity index (χ4v) is 4.79. The predicted octanol–water partition coefficient (Wildman–Crippen LogP) is 3.71. The van der Waals surface area contributed by atoms with Crippen LogP contribution >= 0.6 is 0 Å². The Morgan fingerprint density at radius 3 is 2.44 bits per heavy atom. The number of sulfonamides is 1. The highest BCUT2D eigenvalue weighted by atomic mass is 32.2. The highest BCUT2D eigenvalue weighted by molar-refractivity contribution is 7.89. The molecule has 0 amide bonds. The first-order valence-electron chi connectivity index (χ1n) is 8.95. The molecule has 2 aromatic carbocycles. The van der Waals surface area contributed by atoms with Crippen molar-refractivity contribution < 1.29 is 8.42 Å². The smallest absolute Gasteiger partial charge is 0.243 e. The summed E-state index contributed by atoms with van der Waals surface area (Å²) in [5.41, 5.74) is 2.21. The summed E-state index contributed by atoms with van der Waals surface area (Å²) in [6.45, 7) is 4.02. The quantitative estimate of drug-likeness (QED) is 0.856. The number of hydrogen-bond donors (Lipinski definition) is 1. The Balaban J connectivity index is 1.69. The van der Waals surface area contributed by atoms with Crippen molar-refractivity contribution in [3.05, 3.63) is 65.7 Å². The van der Waals surface area contributed by atoms with E-state index < -0.39 is 10.0 Å². The van der Waals surface area contributed by atoms with Crippen molar-refractivity contribution in [2.45, 2.75) is 43.7 Å². The molecule has 3 rings (SSSR count). The Morgan fingerprint density at radius 2 is 1.72 bits per heavy atom. The first-order chi connectivity index (χ1) is 12.1. The van der Waals surface area contributed by atoms with Gasteiger partial charge in [-0.15, -0.1) is 0 Å². The average Bonchev–Trinajstić information content (AvgIpc) is 2.67. The van der Waals surface area contributed by atoms with Gasteiger partial charge in [0.2, 0.25) is 10.0 Å². The van der Waals surface area contributed by atoms with Gasteiger partial charge in [0.25, 0.3) is 0 Å². The molecule has 1 aliphatic rings. The molecule has 1 saturated heterocycles. The van der Waals surface area contributed by atoms with Crippen LogP contribution in [0.5, 0.6) is 0 Å². The molecule has 0 aromatic heterocycles. The molecule has 0 radical (unpaired) electrons. The number of hydrogen-bond acceptors (Lipinski definition) is 3. The molecule has 2 aromatic rings. The third-order valence-electron chi connectivity index (χ3n) is 4.76. The summed E-state index contributed by atoms with van der Waals surface area (Å²) in [5.74, 6) is 0. The molecular weight excluding hydrogens is 332 g/mol. The fourth-order valence-electron chi connectivity index (χ4n) is 3.20. The molecule has 0 bridgehead atoms. The van der Waals surface area contributed by atoms with E-state index >= 15 is 0 Å². The maximum absolute atomic E-state index is 12.8. The Hall–Kier alpha value is -1.69. The molecule has 25 heavy (non-hydrogen) atoms. The fraction of sp³-hybridized carbons (Fsp3) is 0.400. The van der Waals surface area contributed by atoms with Gasteiger partial charge in [0, 0.05) is 25.7 Å². The van der Waals surface area contributed by atoms with Crippen LogP contribution in [0.15, 0.2) is 59.5 Å². The minimum Gasteiger partial charge on any atom is -0.306 e. The Labute approximate surface area is 150 Å².